The zero-order valence-electron chi connectivity index (χ0n) is 15.4. The number of nitrogens with zero attached hydrogens (tertiary/aromatic N) is 3. The minimum absolute atomic E-state index is 0.298. The molecule has 0 saturated carbocycles. The molecular weight excluding hydrogens is 394 g/mol. The molecule has 0 radical (unpaired) electrons. The van der Waals surface area contributed by atoms with Crippen LogP contribution in [0.25, 0.3) is 0 Å². The van der Waals surface area contributed by atoms with Crippen molar-refractivity contribution in [1.29, 1.82) is 0 Å². The van der Waals surface area contributed by atoms with Crippen LogP contribution >= 0.6 is 23.4 Å². The van der Waals surface area contributed by atoms with Gasteiger partial charge in [-0.3, -0.25) is 0 Å². The molecule has 0 spiro atoms. The van der Waals surface area contributed by atoms with Crippen molar-refractivity contribution in [2.45, 2.75) is 19.9 Å². The maximum atomic E-state index is 12.7. The van der Waals surface area contributed by atoms with Crippen molar-refractivity contribution >= 4 is 39.5 Å². The van der Waals surface area contributed by atoms with Gasteiger partial charge in [0.15, 0.2) is 5.17 Å². The van der Waals surface area contributed by atoms with E-state index in [4.69, 9.17) is 21.4 Å². The SMILES string of the molecule is CCOC(=O)C1=C(C)N=C2SC(c3ccccc3)=NN2C1c1ccc(Cl)cc1. The molecule has 28 heavy (non-hydrogen) atoms. The van der Waals surface area contributed by atoms with Gasteiger partial charge in [-0.25, -0.2) is 14.8 Å². The zero-order chi connectivity index (χ0) is 19.7. The van der Waals surface area contributed by atoms with E-state index in [-0.39, 0.29) is 5.97 Å². The molecule has 2 heterocycles. The molecule has 4 rings (SSSR count). The summed E-state index contributed by atoms with van der Waals surface area (Å²) in [6.07, 6.45) is 0. The molecule has 1 unspecified atom stereocenters. The molecule has 7 heteroatoms. The molecule has 0 saturated heterocycles. The number of esters is 1. The molecule has 0 aliphatic carbocycles. The average molecular weight is 412 g/mol. The summed E-state index contributed by atoms with van der Waals surface area (Å²) in [5, 5.41) is 8.82. The minimum atomic E-state index is -0.419. The van der Waals surface area contributed by atoms with Gasteiger partial charge in [0.2, 0.25) is 0 Å². The molecule has 2 aliphatic rings. The molecule has 0 aromatic heterocycles. The maximum Gasteiger partial charge on any atom is 0.338 e. The van der Waals surface area contributed by atoms with E-state index in [0.29, 0.717) is 22.9 Å². The largest absolute Gasteiger partial charge is 0.463 e. The van der Waals surface area contributed by atoms with Gasteiger partial charge in [0.05, 0.1) is 17.9 Å². The molecule has 2 aromatic carbocycles. The van der Waals surface area contributed by atoms with Crippen LogP contribution in [0.2, 0.25) is 5.02 Å². The quantitative estimate of drug-likeness (QED) is 0.664. The molecule has 142 valence electrons. The van der Waals surface area contributed by atoms with Crippen LogP contribution in [0.5, 0.6) is 0 Å². The lowest BCUT2D eigenvalue weighted by molar-refractivity contribution is -0.139. The van der Waals surface area contributed by atoms with Crippen LogP contribution in [0.4, 0.5) is 0 Å². The second kappa shape index (κ2) is 7.81. The van der Waals surface area contributed by atoms with Gasteiger partial charge >= 0.3 is 5.97 Å². The maximum absolute atomic E-state index is 12.7. The second-order valence-electron chi connectivity index (χ2n) is 6.29. The van der Waals surface area contributed by atoms with Gasteiger partial charge < -0.3 is 4.74 Å². The monoisotopic (exact) mass is 411 g/mol. The normalized spacial score (nSPS) is 18.5. The van der Waals surface area contributed by atoms with Crippen LogP contribution in [0, 0.1) is 0 Å². The number of fused-ring (bicyclic) bond motifs is 1. The average Bonchev–Trinajstić information content (AvgIpc) is 3.12. The molecule has 2 aliphatic heterocycles. The summed E-state index contributed by atoms with van der Waals surface area (Å²) >= 11 is 7.56. The fourth-order valence-corrected chi connectivity index (χ4v) is 4.28. The van der Waals surface area contributed by atoms with E-state index in [1.807, 2.05) is 61.5 Å². The van der Waals surface area contributed by atoms with Crippen LogP contribution in [0.3, 0.4) is 0 Å². The van der Waals surface area contributed by atoms with Crippen LogP contribution < -0.4 is 0 Å². The smallest absolute Gasteiger partial charge is 0.338 e. The third kappa shape index (κ3) is 3.45. The number of hydrogen-bond donors (Lipinski definition) is 0. The second-order valence-corrected chi connectivity index (χ2v) is 7.68. The van der Waals surface area contributed by atoms with E-state index in [0.717, 1.165) is 21.3 Å². The number of amidine groups is 1. The van der Waals surface area contributed by atoms with Gasteiger partial charge in [-0.15, -0.1) is 0 Å². The molecule has 0 fully saturated rings. The van der Waals surface area contributed by atoms with E-state index >= 15 is 0 Å². The summed E-state index contributed by atoms with van der Waals surface area (Å²) in [5.74, 6) is -0.379. The van der Waals surface area contributed by atoms with E-state index in [2.05, 4.69) is 4.99 Å². The number of aliphatic imine (C=N–C) groups is 1. The number of thioether (sulfide) groups is 1. The Morgan fingerprint density at radius 2 is 1.89 bits per heavy atom. The van der Waals surface area contributed by atoms with Crippen LogP contribution in [-0.4, -0.2) is 27.8 Å². The van der Waals surface area contributed by atoms with Crippen molar-refractivity contribution < 1.29 is 9.53 Å². The van der Waals surface area contributed by atoms with Crippen molar-refractivity contribution in [3.8, 4) is 0 Å². The Morgan fingerprint density at radius 3 is 2.57 bits per heavy atom. The Kier molecular flexibility index (Phi) is 5.24. The predicted octanol–water partition coefficient (Wildman–Crippen LogP) is 5.00. The third-order valence-corrected chi connectivity index (χ3v) is 5.68. The number of ether oxygens (including phenoxy) is 1. The number of hydrogen-bond acceptors (Lipinski definition) is 6. The lowest BCUT2D eigenvalue weighted by Gasteiger charge is -2.31. The Balaban J connectivity index is 1.81. The Labute approximate surface area is 172 Å². The first-order valence-electron chi connectivity index (χ1n) is 8.91. The first-order chi connectivity index (χ1) is 13.6. The standard InChI is InChI=1S/C21H18ClN3O2S/c1-3-27-20(26)17-13(2)23-21-25(18(17)14-9-11-16(22)12-10-14)24-19(28-21)15-7-5-4-6-8-15/h4-12,18H,3H2,1-2H3. The van der Waals surface area contributed by atoms with Crippen LogP contribution in [0.15, 0.2) is 76.0 Å². The van der Waals surface area contributed by atoms with Crippen LogP contribution in [-0.2, 0) is 9.53 Å². The Hall–Kier alpha value is -2.57. The van der Waals surface area contributed by atoms with E-state index in [9.17, 15) is 4.79 Å². The highest BCUT2D eigenvalue weighted by atomic mass is 35.5. The molecule has 0 bridgehead atoms. The van der Waals surface area contributed by atoms with Gasteiger partial charge in [-0.1, -0.05) is 54.1 Å². The molecule has 2 aromatic rings. The van der Waals surface area contributed by atoms with Gasteiger partial charge in [0.1, 0.15) is 11.1 Å². The zero-order valence-corrected chi connectivity index (χ0v) is 17.0. The lowest BCUT2D eigenvalue weighted by atomic mass is 9.96. The number of allylic oxidation sites excluding steroid dienone is 1. The molecular formula is C21H18ClN3O2S. The molecule has 1 atom stereocenters. The summed E-state index contributed by atoms with van der Waals surface area (Å²) in [6.45, 7) is 3.92. The number of carbonyl (C=O) groups is 1. The van der Waals surface area contributed by atoms with Crippen molar-refractivity contribution in [2.24, 2.45) is 10.1 Å². The Morgan fingerprint density at radius 1 is 1.18 bits per heavy atom. The van der Waals surface area contributed by atoms with Gasteiger partial charge in [-0.05, 0) is 43.3 Å². The summed E-state index contributed by atoms with van der Waals surface area (Å²) in [6, 6.07) is 16.9. The number of halogens is 1. The molecule has 0 amide bonds. The minimum Gasteiger partial charge on any atom is -0.463 e. The van der Waals surface area contributed by atoms with Gasteiger partial charge in [-0.2, -0.15) is 5.10 Å². The number of carbonyl (C=O) groups excluding carboxylic acids is 1. The van der Waals surface area contributed by atoms with Crippen molar-refractivity contribution in [2.75, 3.05) is 6.61 Å². The first-order valence-corrected chi connectivity index (χ1v) is 10.1. The van der Waals surface area contributed by atoms with Gasteiger partial charge in [0, 0.05) is 10.6 Å². The lowest BCUT2D eigenvalue weighted by Crippen LogP contribution is -2.34. The van der Waals surface area contributed by atoms with E-state index in [1.165, 1.54) is 11.8 Å². The fraction of sp³-hybridized carbons (Fsp3) is 0.190. The van der Waals surface area contributed by atoms with Gasteiger partial charge in [0.25, 0.3) is 0 Å². The predicted molar refractivity (Wildman–Crippen MR) is 113 cm³/mol. The first kappa shape index (κ1) is 18.8. The van der Waals surface area contributed by atoms with Crippen molar-refractivity contribution in [3.05, 3.63) is 82.0 Å². The van der Waals surface area contributed by atoms with E-state index < -0.39 is 6.04 Å². The van der Waals surface area contributed by atoms with Crippen molar-refractivity contribution in [1.82, 2.24) is 5.01 Å². The summed E-state index contributed by atoms with van der Waals surface area (Å²) in [5.41, 5.74) is 3.04. The fourth-order valence-electron chi connectivity index (χ4n) is 3.18. The summed E-state index contributed by atoms with van der Waals surface area (Å²) in [4.78, 5) is 17.4. The highest BCUT2D eigenvalue weighted by Crippen LogP contribution is 2.42. The molecule has 0 N–H and O–H groups in total. The van der Waals surface area contributed by atoms with E-state index in [1.54, 1.807) is 11.9 Å². The highest BCUT2D eigenvalue weighted by molar-refractivity contribution is 8.27. The van der Waals surface area contributed by atoms with Crippen molar-refractivity contribution in [3.63, 3.8) is 0 Å². The topological polar surface area (TPSA) is 54.3 Å². The third-order valence-electron chi connectivity index (χ3n) is 4.46. The highest BCUT2D eigenvalue weighted by Gasteiger charge is 2.40. The number of benzene rings is 2. The summed E-state index contributed by atoms with van der Waals surface area (Å²) < 4.78 is 5.31. The number of rotatable bonds is 4. The number of hydrazone groups is 1. The molecule has 5 nitrogen and oxygen atoms in total. The summed E-state index contributed by atoms with van der Waals surface area (Å²) in [7, 11) is 0. The Bertz CT molecular complexity index is 1000. The van der Waals surface area contributed by atoms with Crippen LogP contribution in [0.1, 0.15) is 31.0 Å².